The van der Waals surface area contributed by atoms with Crippen LogP contribution in [-0.4, -0.2) is 53.8 Å². The predicted molar refractivity (Wildman–Crippen MR) is 66.2 cm³/mol. The van der Waals surface area contributed by atoms with E-state index in [0.717, 1.165) is 17.1 Å². The van der Waals surface area contributed by atoms with Gasteiger partial charge in [0.1, 0.15) is 12.1 Å². The smallest absolute Gasteiger partial charge is 0.354 e. The van der Waals surface area contributed by atoms with E-state index in [1.807, 2.05) is 18.7 Å². The first-order valence-electron chi connectivity index (χ1n) is 6.19. The van der Waals surface area contributed by atoms with Crippen molar-refractivity contribution in [1.82, 2.24) is 14.9 Å². The van der Waals surface area contributed by atoms with E-state index in [1.165, 1.54) is 11.2 Å². The van der Waals surface area contributed by atoms with Gasteiger partial charge in [0.25, 0.3) is 0 Å². The molecule has 1 aliphatic rings. The largest absolute Gasteiger partial charge is 0.401 e. The van der Waals surface area contributed by atoms with Gasteiger partial charge in [0.05, 0.1) is 6.54 Å². The Bertz CT molecular complexity index is 439. The lowest BCUT2D eigenvalue weighted by Gasteiger charge is -2.36. The highest BCUT2D eigenvalue weighted by Gasteiger charge is 2.32. The lowest BCUT2D eigenvalue weighted by molar-refractivity contribution is -0.146. The van der Waals surface area contributed by atoms with E-state index in [9.17, 15) is 13.2 Å². The van der Waals surface area contributed by atoms with Gasteiger partial charge in [0.2, 0.25) is 0 Å². The zero-order valence-corrected chi connectivity index (χ0v) is 11.0. The maximum Gasteiger partial charge on any atom is 0.401 e. The van der Waals surface area contributed by atoms with E-state index in [4.69, 9.17) is 0 Å². The van der Waals surface area contributed by atoms with Crippen LogP contribution in [0.15, 0.2) is 6.33 Å². The van der Waals surface area contributed by atoms with E-state index in [-0.39, 0.29) is 0 Å². The number of aryl methyl sites for hydroxylation is 1. The summed E-state index contributed by atoms with van der Waals surface area (Å²) in [5, 5.41) is 0. The van der Waals surface area contributed by atoms with Crippen LogP contribution in [0.25, 0.3) is 0 Å². The van der Waals surface area contributed by atoms with Gasteiger partial charge < -0.3 is 4.90 Å². The quantitative estimate of drug-likeness (QED) is 0.823. The van der Waals surface area contributed by atoms with Gasteiger partial charge in [-0.1, -0.05) is 0 Å². The summed E-state index contributed by atoms with van der Waals surface area (Å²) in [6.07, 6.45) is -2.62. The lowest BCUT2D eigenvalue weighted by Crippen LogP contribution is -2.49. The molecule has 0 N–H and O–H groups in total. The van der Waals surface area contributed by atoms with E-state index < -0.39 is 12.7 Å². The Hall–Kier alpha value is -1.37. The second-order valence-corrected chi connectivity index (χ2v) is 4.79. The predicted octanol–water partition coefficient (Wildman–Crippen LogP) is 1.78. The molecular formula is C12H17F3N4. The fourth-order valence-electron chi connectivity index (χ4n) is 2.22. The molecule has 0 saturated carbocycles. The highest BCUT2D eigenvalue weighted by molar-refractivity contribution is 5.47. The minimum atomic E-state index is -4.12. The van der Waals surface area contributed by atoms with E-state index in [1.54, 1.807) is 0 Å². The number of nitrogens with zero attached hydrogens (tertiary/aromatic N) is 4. The number of piperazine rings is 1. The van der Waals surface area contributed by atoms with Gasteiger partial charge in [0, 0.05) is 37.4 Å². The number of hydrogen-bond donors (Lipinski definition) is 0. The van der Waals surface area contributed by atoms with Gasteiger partial charge in [-0.15, -0.1) is 0 Å². The average Bonchev–Trinajstić information content (AvgIpc) is 2.32. The van der Waals surface area contributed by atoms with Crippen molar-refractivity contribution in [2.24, 2.45) is 0 Å². The van der Waals surface area contributed by atoms with Crippen molar-refractivity contribution in [1.29, 1.82) is 0 Å². The Kier molecular flexibility index (Phi) is 3.93. The fourth-order valence-corrected chi connectivity index (χ4v) is 2.22. The number of rotatable bonds is 2. The minimum absolute atomic E-state index is 0.405. The molecule has 1 saturated heterocycles. The van der Waals surface area contributed by atoms with Crippen LogP contribution in [0.3, 0.4) is 0 Å². The zero-order chi connectivity index (χ0) is 14.0. The summed E-state index contributed by atoms with van der Waals surface area (Å²) < 4.78 is 36.9. The van der Waals surface area contributed by atoms with Crippen LogP contribution in [-0.2, 0) is 0 Å². The highest BCUT2D eigenvalue weighted by Crippen LogP contribution is 2.21. The minimum Gasteiger partial charge on any atom is -0.354 e. The van der Waals surface area contributed by atoms with Gasteiger partial charge in [0.15, 0.2) is 0 Å². The van der Waals surface area contributed by atoms with Crippen molar-refractivity contribution < 1.29 is 13.2 Å². The van der Waals surface area contributed by atoms with Crippen molar-refractivity contribution in [3.05, 3.63) is 17.6 Å². The third-order valence-corrected chi connectivity index (χ3v) is 3.38. The molecule has 19 heavy (non-hydrogen) atoms. The molecule has 0 amide bonds. The summed E-state index contributed by atoms with van der Waals surface area (Å²) in [5.74, 6) is 0.833. The van der Waals surface area contributed by atoms with E-state index in [2.05, 4.69) is 9.97 Å². The first-order valence-corrected chi connectivity index (χ1v) is 6.19. The van der Waals surface area contributed by atoms with Gasteiger partial charge in [-0.3, -0.25) is 4.90 Å². The summed E-state index contributed by atoms with van der Waals surface area (Å²) in [4.78, 5) is 11.8. The monoisotopic (exact) mass is 274 g/mol. The van der Waals surface area contributed by atoms with Gasteiger partial charge in [-0.25, -0.2) is 9.97 Å². The highest BCUT2D eigenvalue weighted by atomic mass is 19.4. The summed E-state index contributed by atoms with van der Waals surface area (Å²) in [6, 6.07) is 0. The molecule has 2 heterocycles. The van der Waals surface area contributed by atoms with Gasteiger partial charge in [-0.05, 0) is 13.8 Å². The molecule has 0 spiro atoms. The van der Waals surface area contributed by atoms with Crippen molar-refractivity contribution in [2.45, 2.75) is 20.0 Å². The number of hydrogen-bond acceptors (Lipinski definition) is 4. The van der Waals surface area contributed by atoms with Crippen LogP contribution >= 0.6 is 0 Å². The third-order valence-electron chi connectivity index (χ3n) is 3.38. The first kappa shape index (κ1) is 14.0. The number of alkyl halides is 3. The molecule has 0 bridgehead atoms. The maximum atomic E-state index is 12.3. The molecule has 1 aliphatic heterocycles. The van der Waals surface area contributed by atoms with E-state index >= 15 is 0 Å². The second kappa shape index (κ2) is 5.32. The van der Waals surface area contributed by atoms with Crippen LogP contribution < -0.4 is 4.90 Å². The molecule has 0 atom stereocenters. The Morgan fingerprint density at radius 2 is 1.74 bits per heavy atom. The van der Waals surface area contributed by atoms with Crippen molar-refractivity contribution >= 4 is 5.82 Å². The van der Waals surface area contributed by atoms with Crippen molar-refractivity contribution in [3.8, 4) is 0 Å². The summed E-state index contributed by atoms with van der Waals surface area (Å²) in [5.41, 5.74) is 1.90. The Morgan fingerprint density at radius 3 is 2.32 bits per heavy atom. The van der Waals surface area contributed by atoms with Gasteiger partial charge >= 0.3 is 6.18 Å². The van der Waals surface area contributed by atoms with Crippen molar-refractivity contribution in [2.75, 3.05) is 37.6 Å². The molecule has 1 fully saturated rings. The Labute approximate surface area is 110 Å². The molecule has 0 aliphatic carbocycles. The van der Waals surface area contributed by atoms with Crippen LogP contribution in [0.5, 0.6) is 0 Å². The standard InChI is InChI=1S/C12H17F3N4/c1-9-10(2)16-8-17-11(9)19-5-3-18(4-6-19)7-12(13,14)15/h8H,3-7H2,1-2H3. The van der Waals surface area contributed by atoms with Crippen molar-refractivity contribution in [3.63, 3.8) is 0 Å². The molecule has 106 valence electrons. The van der Waals surface area contributed by atoms with Gasteiger partial charge in [-0.2, -0.15) is 13.2 Å². The van der Waals surface area contributed by atoms with Crippen LogP contribution in [0.1, 0.15) is 11.3 Å². The Balaban J connectivity index is 1.98. The van der Waals surface area contributed by atoms with Crippen LogP contribution in [0, 0.1) is 13.8 Å². The summed E-state index contributed by atoms with van der Waals surface area (Å²) >= 11 is 0. The van der Waals surface area contributed by atoms with Crippen LogP contribution in [0.2, 0.25) is 0 Å². The zero-order valence-electron chi connectivity index (χ0n) is 11.0. The number of halogens is 3. The molecule has 2 rings (SSSR count). The molecule has 0 aromatic carbocycles. The molecule has 0 unspecified atom stereocenters. The maximum absolute atomic E-state index is 12.3. The van der Waals surface area contributed by atoms with E-state index in [0.29, 0.717) is 26.2 Å². The molecule has 1 aromatic rings. The topological polar surface area (TPSA) is 32.3 Å². The summed E-state index contributed by atoms with van der Waals surface area (Å²) in [6.45, 7) is 4.94. The average molecular weight is 274 g/mol. The second-order valence-electron chi connectivity index (χ2n) is 4.79. The number of anilines is 1. The first-order chi connectivity index (χ1) is 8.87. The SMILES string of the molecule is Cc1ncnc(N2CCN(CC(F)(F)F)CC2)c1C. The normalized spacial score (nSPS) is 17.8. The molecule has 0 radical (unpaired) electrons. The molecule has 7 heteroatoms. The molecular weight excluding hydrogens is 257 g/mol. The molecule has 4 nitrogen and oxygen atoms in total. The third kappa shape index (κ3) is 3.56. The Morgan fingerprint density at radius 1 is 1.11 bits per heavy atom. The fraction of sp³-hybridized carbons (Fsp3) is 0.667. The molecule has 1 aromatic heterocycles. The lowest BCUT2D eigenvalue weighted by atomic mass is 10.2. The van der Waals surface area contributed by atoms with Crippen LogP contribution in [0.4, 0.5) is 19.0 Å². The summed E-state index contributed by atoms with van der Waals surface area (Å²) in [7, 11) is 0. The number of aromatic nitrogens is 2.